The molecule has 1 saturated heterocycles. The van der Waals surface area contributed by atoms with Gasteiger partial charge in [-0.1, -0.05) is 36.4 Å². The molecule has 1 aromatic heterocycles. The van der Waals surface area contributed by atoms with Crippen LogP contribution in [0.4, 0.5) is 11.4 Å². The molecule has 0 N–H and O–H groups in total. The topological polar surface area (TPSA) is 36.4 Å². The second kappa shape index (κ2) is 8.53. The van der Waals surface area contributed by atoms with Crippen LogP contribution >= 0.6 is 0 Å². The summed E-state index contributed by atoms with van der Waals surface area (Å²) in [5, 5.41) is 0. The Morgan fingerprint density at radius 3 is 1.93 bits per heavy atom. The maximum absolute atomic E-state index is 12.4. The van der Waals surface area contributed by atoms with Crippen molar-refractivity contribution in [3.05, 3.63) is 96.3 Å². The third-order valence-electron chi connectivity index (χ3n) is 5.05. The molecule has 4 rings (SSSR count). The molecule has 0 aliphatic carbocycles. The first-order chi connectivity index (χ1) is 13.8. The largest absolute Gasteiger partial charge is 0.368 e. The summed E-state index contributed by atoms with van der Waals surface area (Å²) in [4.78, 5) is 21.2. The molecule has 0 radical (unpaired) electrons. The van der Waals surface area contributed by atoms with Crippen LogP contribution in [0.3, 0.4) is 0 Å². The SMILES string of the molecule is O=C(C=Cc1ccccc1)c1ccc(N2CCN(c3ccncc3)CC2)cc1. The molecule has 0 unspecified atom stereocenters. The van der Waals surface area contributed by atoms with Crippen LogP contribution in [0.25, 0.3) is 6.08 Å². The van der Waals surface area contributed by atoms with Crippen molar-refractivity contribution >= 4 is 23.2 Å². The molecule has 1 fully saturated rings. The third kappa shape index (κ3) is 4.29. The molecule has 3 aromatic rings. The second-order valence-electron chi connectivity index (χ2n) is 6.83. The number of aromatic nitrogens is 1. The number of hydrogen-bond donors (Lipinski definition) is 0. The van der Waals surface area contributed by atoms with E-state index >= 15 is 0 Å². The van der Waals surface area contributed by atoms with Crippen molar-refractivity contribution < 1.29 is 4.79 Å². The van der Waals surface area contributed by atoms with Gasteiger partial charge in [0.05, 0.1) is 0 Å². The molecule has 0 amide bonds. The molecule has 0 saturated carbocycles. The summed E-state index contributed by atoms with van der Waals surface area (Å²) in [5.74, 6) is 0.0258. The van der Waals surface area contributed by atoms with Gasteiger partial charge in [-0.2, -0.15) is 0 Å². The summed E-state index contributed by atoms with van der Waals surface area (Å²) in [5.41, 5.74) is 4.13. The van der Waals surface area contributed by atoms with E-state index in [1.54, 1.807) is 6.08 Å². The molecule has 2 aromatic carbocycles. The molecule has 28 heavy (non-hydrogen) atoms. The zero-order valence-corrected chi connectivity index (χ0v) is 15.7. The van der Waals surface area contributed by atoms with Crippen molar-refractivity contribution in [2.24, 2.45) is 0 Å². The maximum Gasteiger partial charge on any atom is 0.185 e. The average Bonchev–Trinajstić information content (AvgIpc) is 2.79. The van der Waals surface area contributed by atoms with Gasteiger partial charge < -0.3 is 9.80 Å². The van der Waals surface area contributed by atoms with Gasteiger partial charge in [-0.15, -0.1) is 0 Å². The Morgan fingerprint density at radius 1 is 0.750 bits per heavy atom. The minimum Gasteiger partial charge on any atom is -0.368 e. The highest BCUT2D eigenvalue weighted by atomic mass is 16.1. The third-order valence-corrected chi connectivity index (χ3v) is 5.05. The monoisotopic (exact) mass is 369 g/mol. The first-order valence-electron chi connectivity index (χ1n) is 9.57. The Morgan fingerprint density at radius 2 is 1.32 bits per heavy atom. The smallest absolute Gasteiger partial charge is 0.185 e. The summed E-state index contributed by atoms with van der Waals surface area (Å²) in [6, 6.07) is 21.9. The lowest BCUT2D eigenvalue weighted by Crippen LogP contribution is -2.46. The van der Waals surface area contributed by atoms with Gasteiger partial charge in [0.15, 0.2) is 5.78 Å². The molecule has 2 heterocycles. The average molecular weight is 369 g/mol. The Bertz CT molecular complexity index is 929. The van der Waals surface area contributed by atoms with Crippen molar-refractivity contribution in [2.75, 3.05) is 36.0 Å². The summed E-state index contributed by atoms with van der Waals surface area (Å²) in [6.07, 6.45) is 7.17. The summed E-state index contributed by atoms with van der Waals surface area (Å²) in [6.45, 7) is 3.88. The number of carbonyl (C=O) groups excluding carboxylic acids is 1. The number of ketones is 1. The van der Waals surface area contributed by atoms with Gasteiger partial charge in [-0.3, -0.25) is 9.78 Å². The van der Waals surface area contributed by atoms with E-state index in [9.17, 15) is 4.79 Å². The van der Waals surface area contributed by atoms with E-state index in [1.165, 1.54) is 5.69 Å². The predicted octanol–water partition coefficient (Wildman–Crippen LogP) is 4.30. The molecule has 140 valence electrons. The lowest BCUT2D eigenvalue weighted by atomic mass is 10.1. The first kappa shape index (κ1) is 18.0. The van der Waals surface area contributed by atoms with Crippen LogP contribution in [0.5, 0.6) is 0 Å². The van der Waals surface area contributed by atoms with Gasteiger partial charge in [-0.25, -0.2) is 0 Å². The van der Waals surface area contributed by atoms with E-state index in [0.717, 1.165) is 37.4 Å². The van der Waals surface area contributed by atoms with E-state index in [1.807, 2.05) is 73.1 Å². The lowest BCUT2D eigenvalue weighted by Gasteiger charge is -2.37. The van der Waals surface area contributed by atoms with Crippen LogP contribution < -0.4 is 9.80 Å². The Labute approximate surface area is 165 Å². The highest BCUT2D eigenvalue weighted by Crippen LogP contribution is 2.21. The van der Waals surface area contributed by atoms with Crippen LogP contribution in [0.2, 0.25) is 0 Å². The molecule has 1 aliphatic heterocycles. The van der Waals surface area contributed by atoms with Crippen LogP contribution in [0.15, 0.2) is 85.2 Å². The predicted molar refractivity (Wildman–Crippen MR) is 115 cm³/mol. The van der Waals surface area contributed by atoms with E-state index in [2.05, 4.69) is 26.9 Å². The Balaban J connectivity index is 1.36. The number of nitrogens with zero attached hydrogens (tertiary/aromatic N) is 3. The highest BCUT2D eigenvalue weighted by molar-refractivity contribution is 6.06. The zero-order valence-electron chi connectivity index (χ0n) is 15.7. The fourth-order valence-electron chi connectivity index (χ4n) is 3.45. The van der Waals surface area contributed by atoms with Crippen molar-refractivity contribution in [3.63, 3.8) is 0 Å². The fraction of sp³-hybridized carbons (Fsp3) is 0.167. The molecular formula is C24H23N3O. The van der Waals surface area contributed by atoms with Crippen molar-refractivity contribution in [1.82, 2.24) is 4.98 Å². The van der Waals surface area contributed by atoms with Crippen molar-refractivity contribution in [3.8, 4) is 0 Å². The summed E-state index contributed by atoms with van der Waals surface area (Å²) < 4.78 is 0. The molecule has 0 bridgehead atoms. The van der Waals surface area contributed by atoms with Gasteiger partial charge in [0.2, 0.25) is 0 Å². The quantitative estimate of drug-likeness (QED) is 0.496. The number of rotatable bonds is 5. The Kier molecular flexibility index (Phi) is 5.48. The van der Waals surface area contributed by atoms with Gasteiger partial charge in [-0.05, 0) is 48.0 Å². The highest BCUT2D eigenvalue weighted by Gasteiger charge is 2.17. The van der Waals surface area contributed by atoms with Crippen molar-refractivity contribution in [1.29, 1.82) is 0 Å². The molecule has 0 atom stereocenters. The van der Waals surface area contributed by atoms with Gasteiger partial charge >= 0.3 is 0 Å². The fourth-order valence-corrected chi connectivity index (χ4v) is 3.45. The number of carbonyl (C=O) groups is 1. The van der Waals surface area contributed by atoms with Crippen LogP contribution in [0, 0.1) is 0 Å². The minimum absolute atomic E-state index is 0.0258. The summed E-state index contributed by atoms with van der Waals surface area (Å²) in [7, 11) is 0. The van der Waals surface area contributed by atoms with Gasteiger partial charge in [0.1, 0.15) is 0 Å². The second-order valence-corrected chi connectivity index (χ2v) is 6.83. The van der Waals surface area contributed by atoms with Gasteiger partial charge in [0, 0.05) is 55.5 Å². The van der Waals surface area contributed by atoms with E-state index in [0.29, 0.717) is 5.56 Å². The molecular weight excluding hydrogens is 346 g/mol. The van der Waals surface area contributed by atoms with Crippen LogP contribution in [-0.4, -0.2) is 36.9 Å². The summed E-state index contributed by atoms with van der Waals surface area (Å²) >= 11 is 0. The first-order valence-corrected chi connectivity index (χ1v) is 9.57. The molecule has 4 heteroatoms. The number of hydrogen-bond acceptors (Lipinski definition) is 4. The van der Waals surface area contributed by atoms with Gasteiger partial charge in [0.25, 0.3) is 0 Å². The maximum atomic E-state index is 12.4. The normalized spacial score (nSPS) is 14.4. The number of piperazine rings is 1. The zero-order chi connectivity index (χ0) is 19.2. The van der Waals surface area contributed by atoms with E-state index < -0.39 is 0 Å². The minimum atomic E-state index is 0.0258. The lowest BCUT2D eigenvalue weighted by molar-refractivity contribution is 0.104. The number of allylic oxidation sites excluding steroid dienone is 1. The van der Waals surface area contributed by atoms with E-state index in [-0.39, 0.29) is 5.78 Å². The molecule has 4 nitrogen and oxygen atoms in total. The standard InChI is InChI=1S/C24H23N3O/c28-24(11-6-20-4-2-1-3-5-20)21-7-9-22(10-8-21)26-16-18-27(19-17-26)23-12-14-25-15-13-23/h1-15H,16-19H2. The number of benzene rings is 2. The van der Waals surface area contributed by atoms with Crippen LogP contribution in [0.1, 0.15) is 15.9 Å². The van der Waals surface area contributed by atoms with Crippen molar-refractivity contribution in [2.45, 2.75) is 0 Å². The van der Waals surface area contributed by atoms with E-state index in [4.69, 9.17) is 0 Å². The molecule has 1 aliphatic rings. The Hall–Kier alpha value is -3.40. The molecule has 0 spiro atoms. The number of pyridine rings is 1. The van der Waals surface area contributed by atoms with Crippen LogP contribution in [-0.2, 0) is 0 Å². The number of anilines is 2.